The van der Waals surface area contributed by atoms with Crippen LogP contribution in [0, 0.1) is 0 Å². The molecule has 0 amide bonds. The van der Waals surface area contributed by atoms with E-state index in [0.29, 0.717) is 0 Å². The van der Waals surface area contributed by atoms with Crippen LogP contribution in [0.4, 0.5) is 0 Å². The fourth-order valence-electron chi connectivity index (χ4n) is 3.12. The SMILES string of the molecule is C=N/C(NC1(C)CC1)=C(\C)C(C(=C)N1CC/C=N/C=C\NCC1)=C(C)C. The molecule has 1 fully saturated rings. The fourth-order valence-corrected chi connectivity index (χ4v) is 3.12. The summed E-state index contributed by atoms with van der Waals surface area (Å²) >= 11 is 0. The van der Waals surface area contributed by atoms with Crippen LogP contribution < -0.4 is 10.6 Å². The highest BCUT2D eigenvalue weighted by Gasteiger charge is 2.38. The van der Waals surface area contributed by atoms with E-state index in [9.17, 15) is 0 Å². The van der Waals surface area contributed by atoms with Crippen molar-refractivity contribution in [2.24, 2.45) is 9.98 Å². The molecule has 2 rings (SSSR count). The monoisotopic (exact) mass is 355 g/mol. The molecule has 26 heavy (non-hydrogen) atoms. The lowest BCUT2D eigenvalue weighted by atomic mass is 9.98. The minimum Gasteiger partial charge on any atom is -0.388 e. The van der Waals surface area contributed by atoms with Gasteiger partial charge in [-0.1, -0.05) is 12.2 Å². The van der Waals surface area contributed by atoms with Crippen molar-refractivity contribution in [2.45, 2.75) is 52.5 Å². The average molecular weight is 356 g/mol. The quantitative estimate of drug-likeness (QED) is 0.564. The summed E-state index contributed by atoms with van der Waals surface area (Å²) in [6.45, 7) is 19.5. The molecule has 1 saturated carbocycles. The first-order valence-corrected chi connectivity index (χ1v) is 9.36. The zero-order valence-electron chi connectivity index (χ0n) is 16.7. The molecule has 0 saturated heterocycles. The smallest absolute Gasteiger partial charge is 0.129 e. The molecular weight excluding hydrogens is 322 g/mol. The third-order valence-corrected chi connectivity index (χ3v) is 4.92. The Balaban J connectivity index is 2.25. The number of nitrogens with one attached hydrogen (secondary N) is 2. The van der Waals surface area contributed by atoms with Crippen LogP contribution in [0.5, 0.6) is 0 Å². The predicted octanol–water partition coefficient (Wildman–Crippen LogP) is 3.75. The van der Waals surface area contributed by atoms with E-state index in [1.54, 1.807) is 6.20 Å². The standard InChI is InChI=1S/C21H33N5/c1-16(2)19(17(3)20(22-6)25-21(5)8-9-21)18(4)26-14-7-10-23-11-12-24-13-15-26/h10-12,24-25H,4,6-9,13-15H2,1-3,5H3/b12-11-,20-17-,23-10+. The predicted molar refractivity (Wildman–Crippen MR) is 112 cm³/mol. The van der Waals surface area contributed by atoms with Crippen molar-refractivity contribution in [1.82, 2.24) is 15.5 Å². The van der Waals surface area contributed by atoms with Crippen LogP contribution in [-0.4, -0.2) is 43.0 Å². The molecule has 0 unspecified atom stereocenters. The Kier molecular flexibility index (Phi) is 6.83. The van der Waals surface area contributed by atoms with Gasteiger partial charge in [0.05, 0.1) is 0 Å². The van der Waals surface area contributed by atoms with Crippen LogP contribution in [0.3, 0.4) is 0 Å². The molecule has 1 aliphatic carbocycles. The van der Waals surface area contributed by atoms with Gasteiger partial charge in [-0.2, -0.15) is 0 Å². The number of allylic oxidation sites excluding steroid dienone is 2. The largest absolute Gasteiger partial charge is 0.388 e. The maximum absolute atomic E-state index is 4.43. The number of hydrogen-bond donors (Lipinski definition) is 2. The highest BCUT2D eigenvalue weighted by molar-refractivity contribution is 5.58. The lowest BCUT2D eigenvalue weighted by Gasteiger charge is -2.30. The lowest BCUT2D eigenvalue weighted by Crippen LogP contribution is -2.33. The fraction of sp³-hybridized carbons (Fsp3) is 0.524. The molecule has 0 aromatic heterocycles. The van der Waals surface area contributed by atoms with Crippen LogP contribution in [0.15, 0.2) is 57.2 Å². The van der Waals surface area contributed by atoms with Crippen molar-refractivity contribution in [2.75, 3.05) is 19.6 Å². The van der Waals surface area contributed by atoms with Crippen molar-refractivity contribution < 1.29 is 0 Å². The number of nitrogens with zero attached hydrogens (tertiary/aromatic N) is 3. The van der Waals surface area contributed by atoms with E-state index in [4.69, 9.17) is 0 Å². The molecule has 0 aromatic carbocycles. The van der Waals surface area contributed by atoms with E-state index in [1.807, 2.05) is 12.4 Å². The first-order chi connectivity index (χ1) is 12.4. The van der Waals surface area contributed by atoms with Crippen molar-refractivity contribution in [3.05, 3.63) is 47.2 Å². The zero-order chi connectivity index (χ0) is 19.2. The Hall–Kier alpha value is -2.30. The normalized spacial score (nSPS) is 22.2. The Morgan fingerprint density at radius 3 is 2.62 bits per heavy atom. The lowest BCUT2D eigenvalue weighted by molar-refractivity contribution is 0.364. The molecule has 2 aliphatic rings. The Morgan fingerprint density at radius 1 is 1.27 bits per heavy atom. The molecule has 142 valence electrons. The Bertz CT molecular complexity index is 658. The molecule has 0 atom stereocenters. The van der Waals surface area contributed by atoms with E-state index >= 15 is 0 Å². The van der Waals surface area contributed by atoms with Crippen LogP contribution in [0.2, 0.25) is 0 Å². The van der Waals surface area contributed by atoms with E-state index in [0.717, 1.165) is 48.7 Å². The molecule has 0 spiro atoms. The van der Waals surface area contributed by atoms with Crippen molar-refractivity contribution in [1.29, 1.82) is 0 Å². The van der Waals surface area contributed by atoms with Crippen LogP contribution in [0.1, 0.15) is 47.0 Å². The van der Waals surface area contributed by atoms with Gasteiger partial charge in [0.15, 0.2) is 0 Å². The van der Waals surface area contributed by atoms with E-state index in [1.165, 1.54) is 18.4 Å². The molecule has 0 bridgehead atoms. The first-order valence-electron chi connectivity index (χ1n) is 9.36. The van der Waals surface area contributed by atoms with Crippen molar-refractivity contribution >= 4 is 12.9 Å². The van der Waals surface area contributed by atoms with Crippen molar-refractivity contribution in [3.63, 3.8) is 0 Å². The topological polar surface area (TPSA) is 52.0 Å². The highest BCUT2D eigenvalue weighted by atomic mass is 15.2. The molecule has 1 aliphatic heterocycles. The van der Waals surface area contributed by atoms with Crippen LogP contribution in [0.25, 0.3) is 0 Å². The summed E-state index contributed by atoms with van der Waals surface area (Å²) in [4.78, 5) is 10.9. The summed E-state index contributed by atoms with van der Waals surface area (Å²) in [5.74, 6) is 0.867. The maximum Gasteiger partial charge on any atom is 0.129 e. The third-order valence-electron chi connectivity index (χ3n) is 4.92. The number of hydrogen-bond acceptors (Lipinski definition) is 5. The molecule has 0 aromatic rings. The van der Waals surface area contributed by atoms with E-state index < -0.39 is 0 Å². The first kappa shape index (κ1) is 20.0. The summed E-state index contributed by atoms with van der Waals surface area (Å²) in [5.41, 5.74) is 4.70. The van der Waals surface area contributed by atoms with Gasteiger partial charge >= 0.3 is 0 Å². The van der Waals surface area contributed by atoms with Crippen LogP contribution in [-0.2, 0) is 0 Å². The van der Waals surface area contributed by atoms with Gasteiger partial charge < -0.3 is 15.5 Å². The minimum absolute atomic E-state index is 0.162. The Morgan fingerprint density at radius 2 is 2.00 bits per heavy atom. The van der Waals surface area contributed by atoms with Gasteiger partial charge in [-0.3, -0.25) is 4.99 Å². The molecule has 1 heterocycles. The van der Waals surface area contributed by atoms with Crippen molar-refractivity contribution in [3.8, 4) is 0 Å². The zero-order valence-corrected chi connectivity index (χ0v) is 16.7. The van der Waals surface area contributed by atoms with Gasteiger partial charge in [-0.15, -0.1) is 0 Å². The van der Waals surface area contributed by atoms with Gasteiger partial charge in [-0.25, -0.2) is 4.99 Å². The third kappa shape index (κ3) is 5.35. The summed E-state index contributed by atoms with van der Waals surface area (Å²) < 4.78 is 0. The second-order valence-electron chi connectivity index (χ2n) is 7.52. The summed E-state index contributed by atoms with van der Waals surface area (Å²) in [5, 5.41) is 6.83. The van der Waals surface area contributed by atoms with Gasteiger partial charge in [0.2, 0.25) is 0 Å². The van der Waals surface area contributed by atoms with Gasteiger partial charge in [0.25, 0.3) is 0 Å². The second kappa shape index (κ2) is 8.88. The molecule has 5 heteroatoms. The number of aliphatic imine (C=N–C) groups is 2. The summed E-state index contributed by atoms with van der Waals surface area (Å²) in [7, 11) is 0. The molecular formula is C21H33N5. The average Bonchev–Trinajstić information content (AvgIpc) is 3.34. The Labute approximate surface area is 158 Å². The number of rotatable bonds is 6. The summed E-state index contributed by atoms with van der Waals surface area (Å²) in [6, 6.07) is 0. The maximum atomic E-state index is 4.43. The molecule has 5 nitrogen and oxygen atoms in total. The van der Waals surface area contributed by atoms with Gasteiger partial charge in [-0.05, 0) is 47.3 Å². The van der Waals surface area contributed by atoms with Gasteiger partial charge in [0.1, 0.15) is 5.82 Å². The van der Waals surface area contributed by atoms with E-state index in [-0.39, 0.29) is 5.54 Å². The van der Waals surface area contributed by atoms with E-state index in [2.05, 4.69) is 66.5 Å². The highest BCUT2D eigenvalue weighted by Crippen LogP contribution is 2.37. The van der Waals surface area contributed by atoms with Crippen LogP contribution >= 0.6 is 0 Å². The van der Waals surface area contributed by atoms with Gasteiger partial charge in [0, 0.05) is 67.1 Å². The second-order valence-corrected chi connectivity index (χ2v) is 7.52. The molecule has 0 radical (unpaired) electrons. The summed E-state index contributed by atoms with van der Waals surface area (Å²) in [6.07, 6.45) is 8.87. The molecule has 2 N–H and O–H groups in total. The minimum atomic E-state index is 0.162.